The van der Waals surface area contributed by atoms with Crippen molar-refractivity contribution in [1.29, 1.82) is 0 Å². The van der Waals surface area contributed by atoms with Crippen LogP contribution in [0.15, 0.2) is 158 Å². The van der Waals surface area contributed by atoms with Gasteiger partial charge in [0.05, 0.1) is 25.6 Å². The Morgan fingerprint density at radius 1 is 0.306 bits per heavy atom. The molecule has 18 rings (SSSR count). The fourth-order valence-electron chi connectivity index (χ4n) is 17.4. The minimum absolute atomic E-state index is 0.0294. The van der Waals surface area contributed by atoms with Crippen molar-refractivity contribution in [1.82, 2.24) is 31.9 Å². The van der Waals surface area contributed by atoms with Crippen LogP contribution in [0.1, 0.15) is 143 Å². The second-order valence-corrected chi connectivity index (χ2v) is 47.2. The summed E-state index contributed by atoms with van der Waals surface area (Å²) in [7, 11) is 1.69. The third-order valence-corrected chi connectivity index (χ3v) is 36.1. The van der Waals surface area contributed by atoms with Gasteiger partial charge in [0.2, 0.25) is 5.91 Å². The van der Waals surface area contributed by atoms with Gasteiger partial charge in [-0.1, -0.05) is 6.07 Å². The van der Waals surface area contributed by atoms with Gasteiger partial charge in [-0.2, -0.15) is 0 Å². The van der Waals surface area contributed by atoms with Crippen LogP contribution in [0, 0.1) is 42.8 Å². The Kier molecular flexibility index (Phi) is 39.2. The van der Waals surface area contributed by atoms with E-state index in [-0.39, 0.29) is 111 Å². The monoisotopic (exact) mass is 3160 g/mol. The van der Waals surface area contributed by atoms with E-state index in [0.29, 0.717) is 0 Å². The Morgan fingerprint density at radius 2 is 0.537 bits per heavy atom. The predicted octanol–water partition coefficient (Wildman–Crippen LogP) is 21.6. The lowest BCUT2D eigenvalue weighted by Gasteiger charge is -2.28. The topological polar surface area (TPSA) is 405 Å². The number of benzene rings is 12. The Labute approximate surface area is 941 Å². The summed E-state index contributed by atoms with van der Waals surface area (Å²) in [6, 6.07) is 50.6. The van der Waals surface area contributed by atoms with Crippen LogP contribution in [0.5, 0.6) is 74.7 Å². The highest BCUT2D eigenvalue weighted by atomic mass is 127. The van der Waals surface area contributed by atoms with Crippen molar-refractivity contribution < 1.29 is 70.8 Å². The molecule has 0 saturated heterocycles. The van der Waals surface area contributed by atoms with Gasteiger partial charge in [-0.3, -0.25) is 4.79 Å². The molecular weight excluding hydrogens is 3060 g/mol. The van der Waals surface area contributed by atoms with Crippen LogP contribution in [-0.4, -0.2) is 114 Å². The largest absolute Gasteiger partial charge is 0.504 e. The number of fused-ring (bicyclic) bond motifs is 6. The molecule has 134 heavy (non-hydrogen) atoms. The number of nitrogens with one attached hydrogen (secondary N) is 7. The van der Waals surface area contributed by atoms with Gasteiger partial charge in [0.1, 0.15) is 5.75 Å². The van der Waals surface area contributed by atoms with Crippen molar-refractivity contribution in [3.63, 3.8) is 0 Å². The van der Waals surface area contributed by atoms with E-state index in [1.165, 1.54) is 52.6 Å². The summed E-state index contributed by atoms with van der Waals surface area (Å²) in [5.74, 6) is 0.219. The molecule has 6 aliphatic rings. The van der Waals surface area contributed by atoms with Gasteiger partial charge in [0.25, 0.3) is 0 Å². The normalized spacial score (nSPS) is 17.1. The van der Waals surface area contributed by atoms with Gasteiger partial charge in [-0.05, 0) is 639 Å². The second kappa shape index (κ2) is 49.1. The summed E-state index contributed by atoms with van der Waals surface area (Å²) in [6.45, 7) is 6.72. The van der Waals surface area contributed by atoms with Gasteiger partial charge in [-0.15, -0.1) is 0 Å². The SMILES string of the molecule is CC(=O)Nc1c(I)cc(CC2NCCc3cc(O)c(O)cc32)cc1I.COc1c(I)cc(CC2NCCc3cc(O)c(O)cc32)cc1I.Nc1c(I)cc(CC2NCCc3cc(O)c(O)cc32)cc1I.Nc1ccc(CC2NCCc3cc(O)c(O)cc32)cc1I.Oc1cc2c(cc1O)C(Cc1cc(I)c(I)c(I)c1)NCC2.Oc1cc2c(cc1O)C(Cc1cc(I)cc(I)c1)NCC2. The molecule has 6 atom stereocenters. The van der Waals surface area contributed by atoms with Crippen LogP contribution in [0.4, 0.5) is 17.1 Å². The maximum atomic E-state index is 11.3. The highest BCUT2D eigenvalue weighted by Crippen LogP contribution is 2.44. The quantitative estimate of drug-likeness (QED) is 0.0208. The van der Waals surface area contributed by atoms with Crippen LogP contribution in [-0.2, 0) is 81.8 Å². The summed E-state index contributed by atoms with van der Waals surface area (Å²) in [6.07, 6.45) is 10.2. The van der Waals surface area contributed by atoms with Gasteiger partial charge < -0.3 is 115 Å². The number of methoxy groups -OCH3 is 1. The Morgan fingerprint density at radius 3 is 0.799 bits per heavy atom. The van der Waals surface area contributed by atoms with Gasteiger partial charge >= 0.3 is 0 Å². The molecule has 0 radical (unpaired) electrons. The number of phenols is 12. The number of hydrogen-bond acceptors (Lipinski definition) is 22. The summed E-state index contributed by atoms with van der Waals surface area (Å²) < 4.78 is 19.1. The number of aromatic hydroxyl groups is 12. The van der Waals surface area contributed by atoms with Crippen LogP contribution >= 0.6 is 271 Å². The molecule has 0 aromatic heterocycles. The van der Waals surface area contributed by atoms with E-state index in [9.17, 15) is 66.1 Å². The van der Waals surface area contributed by atoms with Crippen LogP contribution < -0.4 is 53.4 Å². The summed E-state index contributed by atoms with van der Waals surface area (Å²) >= 11 is 27.6. The minimum atomic E-state index is -0.0855. The van der Waals surface area contributed by atoms with E-state index < -0.39 is 0 Å². The minimum Gasteiger partial charge on any atom is -0.504 e. The molecule has 6 unspecified atom stereocenters. The average Bonchev–Trinajstić information content (AvgIpc) is 0.803. The number of rotatable bonds is 14. The number of nitrogens with two attached hydrogens (primary N) is 2. The lowest BCUT2D eigenvalue weighted by Crippen LogP contribution is -2.31. The lowest BCUT2D eigenvalue weighted by atomic mass is 9.90. The molecule has 0 fully saturated rings. The second-order valence-electron chi connectivity index (χ2n) is 33.2. The van der Waals surface area contributed by atoms with E-state index in [1.807, 2.05) is 12.1 Å². The zero-order chi connectivity index (χ0) is 96.4. The molecule has 0 aliphatic carbocycles. The van der Waals surface area contributed by atoms with E-state index in [0.717, 1.165) is 236 Å². The lowest BCUT2D eigenvalue weighted by molar-refractivity contribution is -0.114. The molecule has 12 aromatic carbocycles. The molecule has 23 nitrogen and oxygen atoms in total. The molecule has 6 aliphatic heterocycles. The predicted molar refractivity (Wildman–Crippen MR) is 628 cm³/mol. The summed E-state index contributed by atoms with van der Waals surface area (Å²) in [5, 5.41) is 141. The number of amides is 1. The van der Waals surface area contributed by atoms with Crippen molar-refractivity contribution in [3.8, 4) is 74.7 Å². The number of anilines is 3. The Bertz CT molecular complexity index is 6140. The Balaban J connectivity index is 0.000000136. The van der Waals surface area contributed by atoms with Gasteiger partial charge in [0, 0.05) is 84.6 Å². The molecule has 23 N–H and O–H groups in total. The van der Waals surface area contributed by atoms with Crippen LogP contribution in [0.25, 0.3) is 0 Å². The molecule has 12 aromatic rings. The van der Waals surface area contributed by atoms with E-state index in [1.54, 1.807) is 79.9 Å². The maximum absolute atomic E-state index is 11.3. The average molecular weight is 3160 g/mol. The van der Waals surface area contributed by atoms with Crippen molar-refractivity contribution in [3.05, 3.63) is 301 Å². The van der Waals surface area contributed by atoms with E-state index in [2.05, 4.69) is 381 Å². The summed E-state index contributed by atoms with van der Waals surface area (Å²) in [5.41, 5.74) is 34.6. The third kappa shape index (κ3) is 27.9. The maximum Gasteiger partial charge on any atom is 0.221 e. The fraction of sp³-hybridized carbons (Fsp3) is 0.263. The molecule has 0 saturated carbocycles. The highest BCUT2D eigenvalue weighted by Gasteiger charge is 2.31. The zero-order valence-corrected chi connectivity index (χ0v) is 98.0. The van der Waals surface area contributed by atoms with Crippen molar-refractivity contribution >= 4 is 294 Å². The number of ether oxygens (including phenoxy) is 1. The van der Waals surface area contributed by atoms with Gasteiger partial charge in [0.15, 0.2) is 69.0 Å². The highest BCUT2D eigenvalue weighted by molar-refractivity contribution is 14.1. The number of hydrogen-bond donors (Lipinski definition) is 21. The van der Waals surface area contributed by atoms with Crippen LogP contribution in [0.2, 0.25) is 0 Å². The van der Waals surface area contributed by atoms with E-state index >= 15 is 0 Å². The third-order valence-electron chi connectivity index (χ3n) is 23.9. The smallest absolute Gasteiger partial charge is 0.221 e. The first-order valence-electron chi connectivity index (χ1n) is 42.6. The molecule has 1 amide bonds. The first-order valence-corrected chi connectivity index (χ1v) is 55.6. The summed E-state index contributed by atoms with van der Waals surface area (Å²) in [4.78, 5) is 11.3. The molecule has 6 heterocycles. The van der Waals surface area contributed by atoms with Crippen LogP contribution in [0.3, 0.4) is 0 Å². The number of carbonyl (C=O) groups excluding carboxylic acids is 1. The van der Waals surface area contributed by atoms with Crippen molar-refractivity contribution in [2.45, 2.75) is 120 Å². The van der Waals surface area contributed by atoms with Crippen molar-refractivity contribution in [2.24, 2.45) is 0 Å². The first kappa shape index (κ1) is 107. The van der Waals surface area contributed by atoms with E-state index in [4.69, 9.17) is 16.2 Å². The molecule has 706 valence electrons. The standard InChI is InChI=1S/C18H18I2N2O3.C17H17I2NO3.C16H14I3NO2.C16H16I2N2O2.C16H15I2NO2.C16H17IN2O2/c1-9(23)22-18-13(19)4-10(5-14(18)20)6-15-12-8-17(25)16(24)7-11(12)2-3-21-15;1-23-17-12(18)4-9(5-13(17)19)6-14-11-8-16(22)15(21)7-10(11)2-3-20-14;2*17-11-3-8(4-12(18)16(11)19)5-13-10-7-15(22)14(21)6-9(10)1-2-20-13;17-11-3-9(4-12(18)7-11)5-14-13-8-16(21)15(20)6-10(13)1-2-19-14;17-12-5-9(1-2-13(12)18)6-14-11-8-16(21)15(20)7-10(11)3-4-19-14/h4-5,7-8,15,21,24-25H,2-3,6H2,1H3,(H,22,23);4-5,7-8,14,20-22H,2-3,6H2,1H3;3-4,6-7,13,20-22H,1-2,5H2;3-4,6-7,13,20-22H,1-2,5,19H2;3-4,6-8,14,19-21H,1-2,5H2;1-2,5,7-8,14,19-21H,3-4,6,18H2. The molecule has 35 heteroatoms. The molecule has 0 spiro atoms. The first-order chi connectivity index (χ1) is 63.8. The number of phenolic OH excluding ortho intramolecular Hbond substituents is 12. The number of nitrogen functional groups attached to an aromatic ring is 2. The van der Waals surface area contributed by atoms with Crippen molar-refractivity contribution in [2.75, 3.05) is 63.2 Å². The number of halogens is 12. The molecular formula is C99H97I12N9O14. The Hall–Kier alpha value is -4.37. The zero-order valence-electron chi connectivity index (χ0n) is 72.1. The van der Waals surface area contributed by atoms with Gasteiger partial charge in [-0.25, -0.2) is 0 Å². The molecule has 0 bridgehead atoms. The fourth-order valence-corrected chi connectivity index (χ4v) is 28.6. The number of carbonyl (C=O) groups is 1.